The Labute approximate surface area is 297 Å². The van der Waals surface area contributed by atoms with Gasteiger partial charge in [-0.3, -0.25) is 14.4 Å². The minimum Gasteiger partial charge on any atom is -0.496 e. The Hall–Kier alpha value is -4.39. The zero-order chi connectivity index (χ0) is 35.8. The Morgan fingerprint density at radius 1 is 1.06 bits per heavy atom. The number of likely N-dealkylation sites (tertiary alicyclic amines) is 1. The Kier molecular flexibility index (Phi) is 12.6. The minimum atomic E-state index is -0.213. The molecule has 1 saturated heterocycles. The quantitative estimate of drug-likeness (QED) is 0.126. The maximum atomic E-state index is 14.4. The van der Waals surface area contributed by atoms with E-state index in [-0.39, 0.29) is 30.1 Å². The van der Waals surface area contributed by atoms with Crippen molar-refractivity contribution in [3.63, 3.8) is 0 Å². The first-order chi connectivity index (χ1) is 24.1. The van der Waals surface area contributed by atoms with Crippen LogP contribution in [0.5, 0.6) is 0 Å². The minimum absolute atomic E-state index is 0.104. The molecule has 2 aromatic rings. The number of carbonyl (C=O) groups excluding carboxylic acids is 2. The number of aromatic nitrogens is 3. The molecule has 2 aromatic heterocycles. The number of nitrogens with zero attached hydrogens (tertiary/aromatic N) is 6. The van der Waals surface area contributed by atoms with Crippen molar-refractivity contribution in [3.8, 4) is 17.2 Å². The van der Waals surface area contributed by atoms with E-state index in [0.717, 1.165) is 61.9 Å². The molecule has 5 rings (SSSR count). The number of nitriles is 1. The molecular formula is C40H54N6O4. The first kappa shape index (κ1) is 36.9. The number of allylic oxidation sites excluding steroid dienone is 4. The third-order valence-corrected chi connectivity index (χ3v) is 10.9. The summed E-state index contributed by atoms with van der Waals surface area (Å²) in [5, 5.41) is 13.8. The number of hydrogen-bond acceptors (Lipinski definition) is 7. The van der Waals surface area contributed by atoms with Gasteiger partial charge in [-0.1, -0.05) is 25.2 Å². The van der Waals surface area contributed by atoms with E-state index in [4.69, 9.17) is 14.5 Å². The monoisotopic (exact) mass is 682 g/mol. The Balaban J connectivity index is 1.26. The van der Waals surface area contributed by atoms with Crippen LogP contribution >= 0.6 is 0 Å². The van der Waals surface area contributed by atoms with Crippen molar-refractivity contribution in [1.29, 1.82) is 5.26 Å². The summed E-state index contributed by atoms with van der Waals surface area (Å²) in [6.07, 6.45) is 16.9. The van der Waals surface area contributed by atoms with Gasteiger partial charge in [-0.2, -0.15) is 10.4 Å². The molecule has 10 heteroatoms. The van der Waals surface area contributed by atoms with Crippen molar-refractivity contribution in [2.75, 3.05) is 31.6 Å². The highest BCUT2D eigenvalue weighted by Gasteiger charge is 2.36. The summed E-state index contributed by atoms with van der Waals surface area (Å²) >= 11 is 0. The summed E-state index contributed by atoms with van der Waals surface area (Å²) in [5.74, 6) is 2.43. The van der Waals surface area contributed by atoms with Gasteiger partial charge in [-0.25, -0.2) is 9.78 Å². The van der Waals surface area contributed by atoms with Crippen molar-refractivity contribution in [2.45, 2.75) is 97.6 Å². The lowest BCUT2D eigenvalue weighted by atomic mass is 9.78. The van der Waals surface area contributed by atoms with Crippen LogP contribution < -0.4 is 4.90 Å². The number of anilines is 1. The fourth-order valence-corrected chi connectivity index (χ4v) is 7.35. The lowest BCUT2D eigenvalue weighted by Crippen LogP contribution is -2.50. The van der Waals surface area contributed by atoms with Gasteiger partial charge in [0.05, 0.1) is 24.9 Å². The van der Waals surface area contributed by atoms with Gasteiger partial charge in [0, 0.05) is 49.6 Å². The summed E-state index contributed by atoms with van der Waals surface area (Å²) < 4.78 is 13.2. The lowest BCUT2D eigenvalue weighted by molar-refractivity contribution is -0.124. The van der Waals surface area contributed by atoms with Crippen molar-refractivity contribution in [3.05, 3.63) is 66.4 Å². The normalized spacial score (nSPS) is 23.2. The SMILES string of the molecule is C=C(/C=C\C(OC)=C(/C)C#N)C1CCC(CN(C(=O)C2CCC(OC(=O)N3CC(CC)C3)CC2)c2cc(-c3cnn(C(C)C)c3)ccn2)CC1. The van der Waals surface area contributed by atoms with Crippen molar-refractivity contribution in [1.82, 2.24) is 19.7 Å². The van der Waals surface area contributed by atoms with Gasteiger partial charge in [0.1, 0.15) is 17.7 Å². The third-order valence-electron chi connectivity index (χ3n) is 10.9. The molecule has 0 radical (unpaired) electrons. The van der Waals surface area contributed by atoms with E-state index < -0.39 is 0 Å². The molecule has 3 fully saturated rings. The smallest absolute Gasteiger partial charge is 0.410 e. The van der Waals surface area contributed by atoms with Crippen LogP contribution in [0, 0.1) is 35.0 Å². The van der Waals surface area contributed by atoms with Crippen molar-refractivity contribution in [2.24, 2.45) is 23.7 Å². The van der Waals surface area contributed by atoms with Crippen LogP contribution in [0.25, 0.3) is 11.1 Å². The van der Waals surface area contributed by atoms with Crippen molar-refractivity contribution >= 4 is 17.8 Å². The molecule has 3 heterocycles. The molecule has 0 atom stereocenters. The van der Waals surface area contributed by atoms with E-state index in [1.807, 2.05) is 46.3 Å². The molecule has 50 heavy (non-hydrogen) atoms. The number of hydrogen-bond donors (Lipinski definition) is 0. The summed E-state index contributed by atoms with van der Waals surface area (Å²) in [6, 6.07) is 6.38. The highest BCUT2D eigenvalue weighted by Crippen LogP contribution is 2.37. The van der Waals surface area contributed by atoms with Gasteiger partial charge in [-0.05, 0) is 120 Å². The summed E-state index contributed by atoms with van der Waals surface area (Å²) in [7, 11) is 1.57. The largest absolute Gasteiger partial charge is 0.496 e. The van der Waals surface area contributed by atoms with Crippen LogP contribution in [0.4, 0.5) is 10.6 Å². The summed E-state index contributed by atoms with van der Waals surface area (Å²) in [4.78, 5) is 35.5. The van der Waals surface area contributed by atoms with Crippen LogP contribution in [0.2, 0.25) is 0 Å². The average molecular weight is 683 g/mol. The second-order valence-corrected chi connectivity index (χ2v) is 14.6. The van der Waals surface area contributed by atoms with Crippen LogP contribution in [0.15, 0.2) is 66.4 Å². The summed E-state index contributed by atoms with van der Waals surface area (Å²) in [5.41, 5.74) is 3.54. The van der Waals surface area contributed by atoms with E-state index >= 15 is 0 Å². The summed E-state index contributed by atoms with van der Waals surface area (Å²) in [6.45, 7) is 14.6. The number of amides is 2. The first-order valence-corrected chi connectivity index (χ1v) is 18.4. The molecule has 0 N–H and O–H groups in total. The highest BCUT2D eigenvalue weighted by atomic mass is 16.6. The second-order valence-electron chi connectivity index (χ2n) is 14.6. The molecule has 2 saturated carbocycles. The molecule has 0 bridgehead atoms. The van der Waals surface area contributed by atoms with Crippen LogP contribution in [0.1, 0.15) is 91.5 Å². The molecule has 10 nitrogen and oxygen atoms in total. The molecule has 2 amide bonds. The molecule has 3 aliphatic rings. The fraction of sp³-hybridized carbons (Fsp3) is 0.575. The fourth-order valence-electron chi connectivity index (χ4n) is 7.35. The maximum absolute atomic E-state index is 14.4. The molecule has 268 valence electrons. The Morgan fingerprint density at radius 2 is 1.76 bits per heavy atom. The van der Waals surface area contributed by atoms with Gasteiger partial charge in [-0.15, -0.1) is 0 Å². The molecule has 2 aliphatic carbocycles. The van der Waals surface area contributed by atoms with Gasteiger partial charge in [0.25, 0.3) is 0 Å². The number of pyridine rings is 1. The van der Waals surface area contributed by atoms with Gasteiger partial charge >= 0.3 is 6.09 Å². The Bertz CT molecular complexity index is 1600. The molecule has 0 unspecified atom stereocenters. The first-order valence-electron chi connectivity index (χ1n) is 18.4. The number of carbonyl (C=O) groups is 2. The lowest BCUT2D eigenvalue weighted by Gasteiger charge is -2.39. The van der Waals surface area contributed by atoms with E-state index in [1.165, 1.54) is 0 Å². The van der Waals surface area contributed by atoms with E-state index in [0.29, 0.717) is 67.1 Å². The Morgan fingerprint density at radius 3 is 2.38 bits per heavy atom. The zero-order valence-corrected chi connectivity index (χ0v) is 30.5. The van der Waals surface area contributed by atoms with E-state index in [2.05, 4.69) is 38.5 Å². The average Bonchev–Trinajstić information content (AvgIpc) is 3.62. The predicted octanol–water partition coefficient (Wildman–Crippen LogP) is 8.26. The molecular weight excluding hydrogens is 628 g/mol. The predicted molar refractivity (Wildman–Crippen MR) is 195 cm³/mol. The molecule has 0 spiro atoms. The van der Waals surface area contributed by atoms with Crippen LogP contribution in [0.3, 0.4) is 0 Å². The zero-order valence-electron chi connectivity index (χ0n) is 30.5. The highest BCUT2D eigenvalue weighted by molar-refractivity contribution is 5.94. The van der Waals surface area contributed by atoms with Crippen LogP contribution in [-0.2, 0) is 14.3 Å². The maximum Gasteiger partial charge on any atom is 0.410 e. The van der Waals surface area contributed by atoms with E-state index in [9.17, 15) is 14.9 Å². The number of rotatable bonds is 12. The van der Waals surface area contributed by atoms with Gasteiger partial charge in [0.2, 0.25) is 5.91 Å². The van der Waals surface area contributed by atoms with E-state index in [1.54, 1.807) is 25.1 Å². The molecule has 1 aliphatic heterocycles. The van der Waals surface area contributed by atoms with Gasteiger partial charge in [0.15, 0.2) is 0 Å². The number of ether oxygens (including phenoxy) is 2. The second kappa shape index (κ2) is 17.0. The molecule has 0 aromatic carbocycles. The third kappa shape index (κ3) is 9.04. The van der Waals surface area contributed by atoms with Gasteiger partial charge < -0.3 is 14.4 Å². The van der Waals surface area contributed by atoms with Crippen LogP contribution in [-0.4, -0.2) is 64.5 Å². The van der Waals surface area contributed by atoms with Crippen molar-refractivity contribution < 1.29 is 19.1 Å². The number of methoxy groups -OCH3 is 1. The standard InChI is InChI=1S/C40H54N6O4/c1-7-30-23-44(24-30)40(48)50-36-15-13-33(14-16-36)39(47)45(38-20-34(18-19-42-38)35-22-43-46(26-35)27(2)3)25-31-9-11-32(12-10-31)28(4)8-17-37(49-6)29(5)21-41/h8,17-20,22,26-27,30-33,36H,4,7,9-16,23-25H2,1-3,5-6H3/b17-8-,37-29-. The topological polar surface area (TPSA) is 114 Å².